The second-order valence-corrected chi connectivity index (χ2v) is 8.46. The molecule has 3 rings (SSSR count). The summed E-state index contributed by atoms with van der Waals surface area (Å²) in [5.74, 6) is -0.443. The van der Waals surface area contributed by atoms with Gasteiger partial charge in [-0.05, 0) is 38.3 Å². The van der Waals surface area contributed by atoms with Crippen LogP contribution in [0, 0.1) is 0 Å². The summed E-state index contributed by atoms with van der Waals surface area (Å²) < 4.78 is 1.48. The molecule has 0 bridgehead atoms. The molecule has 1 aromatic carbocycles. The van der Waals surface area contributed by atoms with Gasteiger partial charge in [-0.15, -0.1) is 0 Å². The van der Waals surface area contributed by atoms with Gasteiger partial charge in [0.1, 0.15) is 0 Å². The topological polar surface area (TPSA) is 113 Å². The third-order valence-corrected chi connectivity index (χ3v) is 6.04. The van der Waals surface area contributed by atoms with Gasteiger partial charge < -0.3 is 10.4 Å². The van der Waals surface area contributed by atoms with E-state index in [0.717, 1.165) is 37.4 Å². The van der Waals surface area contributed by atoms with Gasteiger partial charge in [0.15, 0.2) is 5.16 Å². The molecule has 29 heavy (non-hydrogen) atoms. The summed E-state index contributed by atoms with van der Waals surface area (Å²) in [6.45, 7) is 1.91. The lowest BCUT2D eigenvalue weighted by Gasteiger charge is -2.17. The third-order valence-electron chi connectivity index (χ3n) is 4.94. The molecule has 8 nitrogen and oxygen atoms in total. The molecular weight excluding hydrogens is 392 g/mol. The number of carbonyl (C=O) groups excluding carboxylic acids is 2. The molecule has 1 fully saturated rings. The van der Waals surface area contributed by atoms with Crippen LogP contribution in [0.3, 0.4) is 0 Å². The van der Waals surface area contributed by atoms with Crippen LogP contribution in [0.2, 0.25) is 0 Å². The molecule has 1 aliphatic carbocycles. The van der Waals surface area contributed by atoms with E-state index < -0.39 is 17.2 Å². The second-order valence-electron chi connectivity index (χ2n) is 7.15. The zero-order valence-corrected chi connectivity index (χ0v) is 17.2. The van der Waals surface area contributed by atoms with Gasteiger partial charge in [-0.2, -0.15) is 0 Å². The van der Waals surface area contributed by atoms with Crippen LogP contribution in [0.5, 0.6) is 0 Å². The Kier molecular flexibility index (Phi) is 7.27. The van der Waals surface area contributed by atoms with Crippen molar-refractivity contribution < 1.29 is 14.7 Å². The SMILES string of the molecule is CC(Sc1nc2ccccc2c(=O)n1CCCO)C(=O)NC(=O)NC1CCCC1. The first-order chi connectivity index (χ1) is 14.0. The van der Waals surface area contributed by atoms with Crippen molar-refractivity contribution in [2.24, 2.45) is 0 Å². The minimum absolute atomic E-state index is 0.0548. The fourth-order valence-corrected chi connectivity index (χ4v) is 4.32. The molecule has 0 spiro atoms. The first-order valence-corrected chi connectivity index (χ1v) is 10.8. The van der Waals surface area contributed by atoms with E-state index in [9.17, 15) is 14.4 Å². The standard InChI is InChI=1S/C20H26N4O4S/c1-13(17(26)23-19(28)21-14-7-2-3-8-14)29-20-22-16-10-5-4-9-15(16)18(27)24(20)11-6-12-25/h4-5,9-10,13-14,25H,2-3,6-8,11-12H2,1H3,(H2,21,23,26,28). The number of carbonyl (C=O) groups is 2. The summed E-state index contributed by atoms with van der Waals surface area (Å²) >= 11 is 1.12. The van der Waals surface area contributed by atoms with E-state index in [0.29, 0.717) is 29.0 Å². The van der Waals surface area contributed by atoms with Crippen LogP contribution < -0.4 is 16.2 Å². The number of nitrogens with zero attached hydrogens (tertiary/aromatic N) is 2. The van der Waals surface area contributed by atoms with Gasteiger partial charge in [0.25, 0.3) is 5.56 Å². The number of aromatic nitrogens is 2. The Morgan fingerprint density at radius 3 is 2.76 bits per heavy atom. The van der Waals surface area contributed by atoms with E-state index in [2.05, 4.69) is 15.6 Å². The van der Waals surface area contributed by atoms with Crippen molar-refractivity contribution in [3.63, 3.8) is 0 Å². The molecule has 0 aliphatic heterocycles. The number of amides is 3. The van der Waals surface area contributed by atoms with Crippen LogP contribution in [0.25, 0.3) is 10.9 Å². The van der Waals surface area contributed by atoms with E-state index in [1.807, 2.05) is 0 Å². The van der Waals surface area contributed by atoms with Gasteiger partial charge in [0.05, 0.1) is 16.2 Å². The molecule has 1 atom stereocenters. The maximum absolute atomic E-state index is 12.8. The Hall–Kier alpha value is -2.39. The van der Waals surface area contributed by atoms with Gasteiger partial charge in [-0.1, -0.05) is 36.7 Å². The number of rotatable bonds is 7. The molecule has 0 saturated heterocycles. The Morgan fingerprint density at radius 1 is 1.31 bits per heavy atom. The van der Waals surface area contributed by atoms with Crippen molar-refractivity contribution >= 4 is 34.6 Å². The summed E-state index contributed by atoms with van der Waals surface area (Å²) in [6.07, 6.45) is 4.44. The first-order valence-electron chi connectivity index (χ1n) is 9.88. The van der Waals surface area contributed by atoms with Crippen LogP contribution in [0.4, 0.5) is 4.79 Å². The van der Waals surface area contributed by atoms with Gasteiger partial charge in [-0.25, -0.2) is 9.78 Å². The van der Waals surface area contributed by atoms with Gasteiger partial charge in [0, 0.05) is 19.2 Å². The number of fused-ring (bicyclic) bond motifs is 1. The highest BCUT2D eigenvalue weighted by Gasteiger charge is 2.23. The minimum atomic E-state index is -0.627. The molecule has 1 aromatic heterocycles. The van der Waals surface area contributed by atoms with Crippen molar-refractivity contribution in [3.8, 4) is 0 Å². The van der Waals surface area contributed by atoms with Crippen molar-refractivity contribution in [2.75, 3.05) is 6.61 Å². The highest BCUT2D eigenvalue weighted by atomic mass is 32.2. The summed E-state index contributed by atoms with van der Waals surface area (Å²) in [6, 6.07) is 6.66. The predicted molar refractivity (Wildman–Crippen MR) is 112 cm³/mol. The zero-order valence-electron chi connectivity index (χ0n) is 16.4. The number of thioether (sulfide) groups is 1. The van der Waals surface area contributed by atoms with Gasteiger partial charge in [-0.3, -0.25) is 19.5 Å². The van der Waals surface area contributed by atoms with E-state index in [1.165, 1.54) is 4.57 Å². The first kappa shape index (κ1) is 21.3. The number of benzene rings is 1. The molecule has 156 valence electrons. The summed E-state index contributed by atoms with van der Waals surface area (Å²) in [5, 5.41) is 14.6. The molecule has 0 radical (unpaired) electrons. The Bertz CT molecular complexity index is 940. The Morgan fingerprint density at radius 2 is 2.03 bits per heavy atom. The van der Waals surface area contributed by atoms with Crippen molar-refractivity contribution in [1.82, 2.24) is 20.2 Å². The van der Waals surface area contributed by atoms with E-state index >= 15 is 0 Å². The maximum atomic E-state index is 12.8. The number of imide groups is 1. The van der Waals surface area contributed by atoms with E-state index in [4.69, 9.17) is 5.11 Å². The number of aliphatic hydroxyl groups excluding tert-OH is 1. The smallest absolute Gasteiger partial charge is 0.321 e. The van der Waals surface area contributed by atoms with E-state index in [-0.39, 0.29) is 18.2 Å². The van der Waals surface area contributed by atoms with Gasteiger partial charge >= 0.3 is 6.03 Å². The molecule has 2 aromatic rings. The predicted octanol–water partition coefficient (Wildman–Crippen LogP) is 2.03. The number of para-hydroxylation sites is 1. The normalized spacial score (nSPS) is 15.4. The number of hydrogen-bond donors (Lipinski definition) is 3. The van der Waals surface area contributed by atoms with Crippen molar-refractivity contribution in [3.05, 3.63) is 34.6 Å². The molecule has 9 heteroatoms. The fourth-order valence-electron chi connectivity index (χ4n) is 3.38. The molecule has 1 aliphatic rings. The Balaban J connectivity index is 1.74. The van der Waals surface area contributed by atoms with E-state index in [1.54, 1.807) is 31.2 Å². The number of urea groups is 1. The quantitative estimate of drug-likeness (QED) is 0.468. The van der Waals surface area contributed by atoms with Gasteiger partial charge in [0.2, 0.25) is 5.91 Å². The average molecular weight is 419 g/mol. The van der Waals surface area contributed by atoms with Crippen molar-refractivity contribution in [2.45, 2.75) is 62.0 Å². The number of aliphatic hydroxyl groups is 1. The third kappa shape index (κ3) is 5.36. The Labute approximate surface area is 173 Å². The number of hydrogen-bond acceptors (Lipinski definition) is 6. The van der Waals surface area contributed by atoms with Crippen LogP contribution in [0.15, 0.2) is 34.2 Å². The van der Waals surface area contributed by atoms with Crippen molar-refractivity contribution in [1.29, 1.82) is 0 Å². The minimum Gasteiger partial charge on any atom is -0.396 e. The number of nitrogens with one attached hydrogen (secondary N) is 2. The molecular formula is C20H26N4O4S. The summed E-state index contributed by atoms with van der Waals surface area (Å²) in [7, 11) is 0. The highest BCUT2D eigenvalue weighted by Crippen LogP contribution is 2.23. The lowest BCUT2D eigenvalue weighted by molar-refractivity contribution is -0.119. The molecule has 1 heterocycles. The highest BCUT2D eigenvalue weighted by molar-refractivity contribution is 8.00. The molecule has 1 unspecified atom stereocenters. The van der Waals surface area contributed by atoms with Crippen LogP contribution in [0.1, 0.15) is 39.0 Å². The summed E-state index contributed by atoms with van der Waals surface area (Å²) in [4.78, 5) is 41.9. The monoisotopic (exact) mass is 418 g/mol. The average Bonchev–Trinajstić information content (AvgIpc) is 3.20. The summed E-state index contributed by atoms with van der Waals surface area (Å²) in [5.41, 5.74) is 0.338. The molecule has 3 amide bonds. The largest absolute Gasteiger partial charge is 0.396 e. The molecule has 1 saturated carbocycles. The van der Waals surface area contributed by atoms with Crippen LogP contribution in [-0.4, -0.2) is 44.5 Å². The maximum Gasteiger partial charge on any atom is 0.321 e. The fraction of sp³-hybridized carbons (Fsp3) is 0.500. The lowest BCUT2D eigenvalue weighted by atomic mass is 10.2. The zero-order chi connectivity index (χ0) is 20.8. The van der Waals surface area contributed by atoms with Crippen LogP contribution >= 0.6 is 11.8 Å². The van der Waals surface area contributed by atoms with Crippen LogP contribution in [-0.2, 0) is 11.3 Å². The second kappa shape index (κ2) is 9.89. The molecule has 3 N–H and O–H groups in total. The lowest BCUT2D eigenvalue weighted by Crippen LogP contribution is -2.46.